The van der Waals surface area contributed by atoms with Gasteiger partial charge in [0, 0.05) is 11.8 Å². The molecule has 0 radical (unpaired) electrons. The first-order valence-electron chi connectivity index (χ1n) is 7.83. The predicted octanol–water partition coefficient (Wildman–Crippen LogP) is 2.96. The maximum absolute atomic E-state index is 12.9. The fourth-order valence-corrected chi connectivity index (χ4v) is 3.57. The van der Waals surface area contributed by atoms with Crippen LogP contribution in [0.15, 0.2) is 53.7 Å². The third kappa shape index (κ3) is 3.65. The molecule has 26 heavy (non-hydrogen) atoms. The number of hydrogen-bond donors (Lipinski definition) is 1. The lowest BCUT2D eigenvalue weighted by Crippen LogP contribution is -2.16. The van der Waals surface area contributed by atoms with E-state index in [0.717, 1.165) is 5.56 Å². The van der Waals surface area contributed by atoms with Crippen LogP contribution in [0.3, 0.4) is 0 Å². The first kappa shape index (κ1) is 17.8. The lowest BCUT2D eigenvalue weighted by atomic mass is 10.1. The number of aryl methyl sites for hydroxylation is 2. The van der Waals surface area contributed by atoms with E-state index in [1.54, 1.807) is 19.2 Å². The Bertz CT molecular complexity index is 1030. The molecule has 0 aliphatic rings. The van der Waals surface area contributed by atoms with Crippen LogP contribution in [0, 0.1) is 13.8 Å². The number of nitrogens with one attached hydrogen (secondary N) is 1. The fraction of sp³-hybridized carbons (Fsp3) is 0.167. The molecule has 2 heterocycles. The SMILES string of the molecule is COc1nc(C)cnc1NS(=O)(=O)c1cccnc1-c1ccc(C)cc1. The average molecular weight is 370 g/mol. The summed E-state index contributed by atoms with van der Waals surface area (Å²) in [6.45, 7) is 3.70. The molecule has 2 aromatic heterocycles. The van der Waals surface area contributed by atoms with Gasteiger partial charge in [0.2, 0.25) is 5.82 Å². The second kappa shape index (κ2) is 7.09. The van der Waals surface area contributed by atoms with Crippen molar-refractivity contribution in [3.05, 3.63) is 60.0 Å². The molecular weight excluding hydrogens is 352 g/mol. The van der Waals surface area contributed by atoms with E-state index in [4.69, 9.17) is 4.74 Å². The molecule has 0 saturated heterocycles. The van der Waals surface area contributed by atoms with Crippen LogP contribution in [0.5, 0.6) is 5.88 Å². The first-order valence-corrected chi connectivity index (χ1v) is 9.31. The number of anilines is 1. The molecule has 1 N–H and O–H groups in total. The first-order chi connectivity index (χ1) is 12.4. The summed E-state index contributed by atoms with van der Waals surface area (Å²) in [6, 6.07) is 10.6. The van der Waals surface area contributed by atoms with Gasteiger partial charge in [0.1, 0.15) is 4.90 Å². The third-order valence-electron chi connectivity index (χ3n) is 3.67. The number of nitrogens with zero attached hydrogens (tertiary/aromatic N) is 3. The fourth-order valence-electron chi connectivity index (χ4n) is 2.39. The molecule has 0 unspecified atom stereocenters. The number of hydrogen-bond acceptors (Lipinski definition) is 6. The zero-order valence-corrected chi connectivity index (χ0v) is 15.4. The highest BCUT2D eigenvalue weighted by molar-refractivity contribution is 7.92. The van der Waals surface area contributed by atoms with E-state index in [1.807, 2.05) is 31.2 Å². The van der Waals surface area contributed by atoms with Gasteiger partial charge in [0.15, 0.2) is 0 Å². The van der Waals surface area contributed by atoms with Crippen LogP contribution in [0.4, 0.5) is 5.82 Å². The molecule has 3 aromatic rings. The van der Waals surface area contributed by atoms with Crippen molar-refractivity contribution in [3.8, 4) is 17.1 Å². The van der Waals surface area contributed by atoms with Gasteiger partial charge < -0.3 is 4.74 Å². The smallest absolute Gasteiger partial charge is 0.265 e. The largest absolute Gasteiger partial charge is 0.478 e. The Labute approximate surface area is 152 Å². The second-order valence-corrected chi connectivity index (χ2v) is 7.34. The third-order valence-corrected chi connectivity index (χ3v) is 5.04. The topological polar surface area (TPSA) is 94.1 Å². The number of benzene rings is 1. The number of pyridine rings is 1. The molecule has 7 nitrogen and oxygen atoms in total. The van der Waals surface area contributed by atoms with Crippen molar-refractivity contribution in [1.29, 1.82) is 0 Å². The number of ether oxygens (including phenoxy) is 1. The number of methoxy groups -OCH3 is 1. The Morgan fingerprint density at radius 3 is 2.46 bits per heavy atom. The minimum atomic E-state index is -3.94. The van der Waals surface area contributed by atoms with Crippen molar-refractivity contribution in [2.75, 3.05) is 11.8 Å². The summed E-state index contributed by atoms with van der Waals surface area (Å²) in [5, 5.41) is 0. The van der Waals surface area contributed by atoms with E-state index in [-0.39, 0.29) is 16.6 Å². The van der Waals surface area contributed by atoms with Gasteiger partial charge in [-0.05, 0) is 26.0 Å². The summed E-state index contributed by atoms with van der Waals surface area (Å²) < 4.78 is 33.4. The van der Waals surface area contributed by atoms with E-state index in [9.17, 15) is 8.42 Å². The zero-order chi connectivity index (χ0) is 18.7. The van der Waals surface area contributed by atoms with Gasteiger partial charge in [-0.15, -0.1) is 0 Å². The van der Waals surface area contributed by atoms with Gasteiger partial charge in [0.05, 0.1) is 24.7 Å². The van der Waals surface area contributed by atoms with E-state index in [2.05, 4.69) is 19.7 Å². The normalized spacial score (nSPS) is 11.2. The van der Waals surface area contributed by atoms with E-state index >= 15 is 0 Å². The summed E-state index contributed by atoms with van der Waals surface area (Å²) in [5.41, 5.74) is 2.76. The van der Waals surface area contributed by atoms with Gasteiger partial charge in [0.25, 0.3) is 15.9 Å². The van der Waals surface area contributed by atoms with Crippen LogP contribution in [-0.4, -0.2) is 30.5 Å². The van der Waals surface area contributed by atoms with Crippen LogP contribution < -0.4 is 9.46 Å². The van der Waals surface area contributed by atoms with Crippen LogP contribution >= 0.6 is 0 Å². The quantitative estimate of drug-likeness (QED) is 0.742. The summed E-state index contributed by atoms with van der Waals surface area (Å²) in [5.74, 6) is 0.131. The summed E-state index contributed by atoms with van der Waals surface area (Å²) >= 11 is 0. The molecule has 1 aromatic carbocycles. The molecule has 0 aliphatic carbocycles. The van der Waals surface area contributed by atoms with Crippen molar-refractivity contribution in [2.45, 2.75) is 18.7 Å². The molecule has 0 atom stereocenters. The summed E-state index contributed by atoms with van der Waals surface area (Å²) in [4.78, 5) is 12.5. The molecule has 0 bridgehead atoms. The van der Waals surface area contributed by atoms with Gasteiger partial charge in [-0.3, -0.25) is 9.71 Å². The van der Waals surface area contributed by atoms with Crippen LogP contribution in [0.2, 0.25) is 0 Å². The number of aromatic nitrogens is 3. The molecule has 8 heteroatoms. The summed E-state index contributed by atoms with van der Waals surface area (Å²) in [6.07, 6.45) is 3.02. The Balaban J connectivity index is 2.05. The van der Waals surface area contributed by atoms with Gasteiger partial charge in [-0.2, -0.15) is 0 Å². The molecule has 134 valence electrons. The molecular formula is C18H18N4O3S. The van der Waals surface area contributed by atoms with Gasteiger partial charge >= 0.3 is 0 Å². The average Bonchev–Trinajstić information content (AvgIpc) is 2.63. The minimum absolute atomic E-state index is 0.0248. The molecule has 0 spiro atoms. The van der Waals surface area contributed by atoms with E-state index in [1.165, 1.54) is 19.4 Å². The molecule has 3 rings (SSSR count). The molecule has 0 saturated carbocycles. The molecule has 0 fully saturated rings. The lowest BCUT2D eigenvalue weighted by molar-refractivity contribution is 0.397. The van der Waals surface area contributed by atoms with Crippen LogP contribution in [0.25, 0.3) is 11.3 Å². The van der Waals surface area contributed by atoms with Crippen molar-refractivity contribution in [3.63, 3.8) is 0 Å². The highest BCUT2D eigenvalue weighted by atomic mass is 32.2. The van der Waals surface area contributed by atoms with Crippen molar-refractivity contribution in [2.24, 2.45) is 0 Å². The van der Waals surface area contributed by atoms with Crippen LogP contribution in [-0.2, 0) is 10.0 Å². The number of rotatable bonds is 5. The Hall–Kier alpha value is -3.00. The van der Waals surface area contributed by atoms with Crippen molar-refractivity contribution in [1.82, 2.24) is 15.0 Å². The Morgan fingerprint density at radius 2 is 1.77 bits per heavy atom. The predicted molar refractivity (Wildman–Crippen MR) is 98.5 cm³/mol. The minimum Gasteiger partial charge on any atom is -0.478 e. The summed E-state index contributed by atoms with van der Waals surface area (Å²) in [7, 11) is -2.54. The lowest BCUT2D eigenvalue weighted by Gasteiger charge is -2.13. The second-order valence-electron chi connectivity index (χ2n) is 5.69. The van der Waals surface area contributed by atoms with E-state index in [0.29, 0.717) is 17.0 Å². The maximum Gasteiger partial charge on any atom is 0.265 e. The van der Waals surface area contributed by atoms with Crippen molar-refractivity contribution >= 4 is 15.8 Å². The Kier molecular flexibility index (Phi) is 4.85. The Morgan fingerprint density at radius 1 is 1.04 bits per heavy atom. The van der Waals surface area contributed by atoms with E-state index < -0.39 is 10.0 Å². The highest BCUT2D eigenvalue weighted by Gasteiger charge is 2.23. The standard InChI is InChI=1S/C18H18N4O3S/c1-12-6-8-14(9-7-12)16-15(5-4-10-19-16)26(23,24)22-17-18(25-3)21-13(2)11-20-17/h4-11H,1-3H3,(H,20,22). The zero-order valence-electron chi connectivity index (χ0n) is 14.6. The number of sulfonamides is 1. The van der Waals surface area contributed by atoms with Gasteiger partial charge in [-0.25, -0.2) is 18.4 Å². The molecule has 0 amide bonds. The van der Waals surface area contributed by atoms with Crippen molar-refractivity contribution < 1.29 is 13.2 Å². The maximum atomic E-state index is 12.9. The highest BCUT2D eigenvalue weighted by Crippen LogP contribution is 2.28. The van der Waals surface area contributed by atoms with Gasteiger partial charge in [-0.1, -0.05) is 29.8 Å². The monoisotopic (exact) mass is 370 g/mol. The molecule has 0 aliphatic heterocycles. The van der Waals surface area contributed by atoms with Crippen LogP contribution in [0.1, 0.15) is 11.3 Å².